The first kappa shape index (κ1) is 15.6. The second-order valence-electron chi connectivity index (χ2n) is 7.25. The van der Waals surface area contributed by atoms with E-state index in [-0.39, 0.29) is 0 Å². The molecule has 6 nitrogen and oxygen atoms in total. The highest BCUT2D eigenvalue weighted by Crippen LogP contribution is 2.41. The molecule has 6 heteroatoms. The second kappa shape index (κ2) is 6.51. The summed E-state index contributed by atoms with van der Waals surface area (Å²) in [6.07, 6.45) is 7.28. The first-order chi connectivity index (χ1) is 11.8. The molecule has 1 saturated carbocycles. The normalized spacial score (nSPS) is 26.8. The van der Waals surface area contributed by atoms with Crippen LogP contribution in [0.15, 0.2) is 23.6 Å². The second-order valence-corrected chi connectivity index (χ2v) is 7.25. The lowest BCUT2D eigenvalue weighted by Crippen LogP contribution is -2.33. The number of aromatic nitrogens is 3. The lowest BCUT2D eigenvalue weighted by molar-refractivity contribution is 0.304. The first-order valence-corrected chi connectivity index (χ1v) is 8.92. The highest BCUT2D eigenvalue weighted by Gasteiger charge is 2.42. The van der Waals surface area contributed by atoms with Crippen LogP contribution in [0.5, 0.6) is 0 Å². The summed E-state index contributed by atoms with van der Waals surface area (Å²) in [4.78, 5) is 21.0. The van der Waals surface area contributed by atoms with E-state index in [4.69, 9.17) is 0 Å². The van der Waals surface area contributed by atoms with Crippen LogP contribution in [0.2, 0.25) is 0 Å². The van der Waals surface area contributed by atoms with E-state index in [0.29, 0.717) is 6.04 Å². The van der Waals surface area contributed by atoms with Crippen molar-refractivity contribution in [2.45, 2.75) is 25.3 Å². The van der Waals surface area contributed by atoms with Crippen LogP contribution < -0.4 is 4.90 Å². The molecule has 0 bridgehead atoms. The topological polar surface area (TPSA) is 60.4 Å². The van der Waals surface area contributed by atoms with Crippen LogP contribution in [-0.4, -0.2) is 65.8 Å². The molecule has 2 aromatic heterocycles. The Morgan fingerprint density at radius 1 is 1.33 bits per heavy atom. The van der Waals surface area contributed by atoms with Crippen molar-refractivity contribution in [3.05, 3.63) is 18.6 Å². The van der Waals surface area contributed by atoms with Crippen LogP contribution in [-0.2, 0) is 0 Å². The van der Waals surface area contributed by atoms with Crippen LogP contribution in [0.4, 0.5) is 5.82 Å². The minimum absolute atomic E-state index is 0.588. The van der Waals surface area contributed by atoms with Crippen molar-refractivity contribution in [2.75, 3.05) is 38.1 Å². The Labute approximate surface area is 143 Å². The van der Waals surface area contributed by atoms with Gasteiger partial charge in [-0.05, 0) is 50.4 Å². The maximum Gasteiger partial charge on any atom is 0.142 e. The molecule has 128 valence electrons. The fourth-order valence-electron chi connectivity index (χ4n) is 4.58. The summed E-state index contributed by atoms with van der Waals surface area (Å²) < 4.78 is 0. The predicted molar refractivity (Wildman–Crippen MR) is 97.8 cm³/mol. The Morgan fingerprint density at radius 3 is 2.88 bits per heavy atom. The summed E-state index contributed by atoms with van der Waals surface area (Å²) in [5, 5.41) is 1.12. The van der Waals surface area contributed by atoms with Gasteiger partial charge in [0.2, 0.25) is 0 Å². The number of hydrogen-bond acceptors (Lipinski definition) is 5. The van der Waals surface area contributed by atoms with Crippen molar-refractivity contribution in [3.63, 3.8) is 0 Å². The molecule has 1 saturated heterocycles. The van der Waals surface area contributed by atoms with E-state index in [1.54, 1.807) is 6.33 Å². The van der Waals surface area contributed by atoms with E-state index in [2.05, 4.69) is 49.6 Å². The molecule has 1 aliphatic carbocycles. The number of H-pyrrole nitrogens is 1. The minimum atomic E-state index is 0.588. The number of nitrogens with one attached hydrogen (secondary N) is 1. The van der Waals surface area contributed by atoms with Crippen molar-refractivity contribution in [1.29, 1.82) is 0 Å². The Hall–Kier alpha value is -1.95. The highest BCUT2D eigenvalue weighted by atomic mass is 15.2. The molecule has 1 N–H and O–H groups in total. The summed E-state index contributed by atoms with van der Waals surface area (Å²) in [6, 6.07) is 2.66. The lowest BCUT2D eigenvalue weighted by Gasteiger charge is -2.27. The number of anilines is 1. The zero-order valence-corrected chi connectivity index (χ0v) is 14.4. The Kier molecular flexibility index (Phi) is 4.22. The molecule has 0 spiro atoms. The molecule has 0 aromatic carbocycles. The van der Waals surface area contributed by atoms with Crippen molar-refractivity contribution in [1.82, 2.24) is 19.9 Å². The molecule has 2 fully saturated rings. The maximum absolute atomic E-state index is 4.55. The smallest absolute Gasteiger partial charge is 0.142 e. The molecule has 4 rings (SSSR count). The monoisotopic (exact) mass is 326 g/mol. The van der Waals surface area contributed by atoms with Gasteiger partial charge in [-0.1, -0.05) is 0 Å². The number of likely N-dealkylation sites (tertiary alicyclic amines) is 1. The van der Waals surface area contributed by atoms with Crippen LogP contribution >= 0.6 is 0 Å². The predicted octanol–water partition coefficient (Wildman–Crippen LogP) is 2.20. The van der Waals surface area contributed by atoms with Crippen LogP contribution in [0, 0.1) is 11.8 Å². The van der Waals surface area contributed by atoms with Crippen molar-refractivity contribution in [3.8, 4) is 0 Å². The van der Waals surface area contributed by atoms with Crippen LogP contribution in [0.1, 0.15) is 19.3 Å². The van der Waals surface area contributed by atoms with E-state index >= 15 is 0 Å². The van der Waals surface area contributed by atoms with Crippen LogP contribution in [0.3, 0.4) is 0 Å². The average molecular weight is 326 g/mol. The largest absolute Gasteiger partial charge is 0.356 e. The Bertz CT molecular complexity index is 696. The van der Waals surface area contributed by atoms with Gasteiger partial charge in [0.15, 0.2) is 0 Å². The standard InChI is InChI=1S/C18H26N6/c1-19-5-3-7-24-10-13-8-15(9-14(13)11-24)23(2)18-16-4-6-20-17(16)21-12-22-18/h4,6,12-15H,1,3,5,7-11H2,2H3,(H,20,21,22)/t13-,14?,15?/m0/s1. The SMILES string of the molecule is C=NCCCN1CC2CC(N(C)c3ncnc4[nH]ccc34)C[C@H]2C1. The van der Waals surface area contributed by atoms with E-state index in [1.165, 1.54) is 32.5 Å². The summed E-state index contributed by atoms with van der Waals surface area (Å²) in [5.74, 6) is 2.72. The molecule has 0 amide bonds. The van der Waals surface area contributed by atoms with Gasteiger partial charge in [-0.25, -0.2) is 9.97 Å². The summed E-state index contributed by atoms with van der Waals surface area (Å²) in [6.45, 7) is 8.12. The van der Waals surface area contributed by atoms with E-state index in [9.17, 15) is 0 Å². The fraction of sp³-hybridized carbons (Fsp3) is 0.611. The van der Waals surface area contributed by atoms with Gasteiger partial charge in [0.05, 0.1) is 5.39 Å². The zero-order chi connectivity index (χ0) is 16.5. The maximum atomic E-state index is 4.55. The van der Waals surface area contributed by atoms with Crippen molar-refractivity contribution < 1.29 is 0 Å². The van der Waals surface area contributed by atoms with Gasteiger partial charge in [0.25, 0.3) is 0 Å². The minimum Gasteiger partial charge on any atom is -0.356 e. The molecule has 2 aliphatic rings. The van der Waals surface area contributed by atoms with Crippen molar-refractivity contribution >= 4 is 23.6 Å². The van der Waals surface area contributed by atoms with Crippen LogP contribution in [0.25, 0.3) is 11.0 Å². The van der Waals surface area contributed by atoms with Gasteiger partial charge in [0.1, 0.15) is 17.8 Å². The summed E-state index contributed by atoms with van der Waals surface area (Å²) >= 11 is 0. The quantitative estimate of drug-likeness (QED) is 0.653. The first-order valence-electron chi connectivity index (χ1n) is 8.92. The number of rotatable bonds is 6. The van der Waals surface area contributed by atoms with E-state index < -0.39 is 0 Å². The molecule has 3 heterocycles. The van der Waals surface area contributed by atoms with Gasteiger partial charge in [-0.2, -0.15) is 0 Å². The summed E-state index contributed by atoms with van der Waals surface area (Å²) in [5.41, 5.74) is 0.923. The molecule has 24 heavy (non-hydrogen) atoms. The molecular formula is C18H26N6. The average Bonchev–Trinajstić information content (AvgIpc) is 3.27. The third-order valence-electron chi connectivity index (χ3n) is 5.81. The third-order valence-corrected chi connectivity index (χ3v) is 5.81. The molecule has 2 aromatic rings. The van der Waals surface area contributed by atoms with Gasteiger partial charge in [-0.15, -0.1) is 0 Å². The molecule has 2 unspecified atom stereocenters. The van der Waals surface area contributed by atoms with Gasteiger partial charge >= 0.3 is 0 Å². The third kappa shape index (κ3) is 2.79. The zero-order valence-electron chi connectivity index (χ0n) is 14.4. The Morgan fingerprint density at radius 2 is 2.12 bits per heavy atom. The number of aliphatic imine (C=N–C) groups is 1. The van der Waals surface area contributed by atoms with Gasteiger partial charge in [0, 0.05) is 38.9 Å². The Balaban J connectivity index is 1.40. The molecule has 3 atom stereocenters. The molecule has 1 aliphatic heterocycles. The number of fused-ring (bicyclic) bond motifs is 2. The molecule has 0 radical (unpaired) electrons. The number of hydrogen-bond donors (Lipinski definition) is 1. The van der Waals surface area contributed by atoms with Gasteiger partial charge in [-0.3, -0.25) is 0 Å². The van der Waals surface area contributed by atoms with Gasteiger partial charge < -0.3 is 19.8 Å². The summed E-state index contributed by atoms with van der Waals surface area (Å²) in [7, 11) is 2.19. The van der Waals surface area contributed by atoms with Crippen molar-refractivity contribution in [2.24, 2.45) is 16.8 Å². The fourth-order valence-corrected chi connectivity index (χ4v) is 4.58. The van der Waals surface area contributed by atoms with E-state index in [0.717, 1.165) is 41.7 Å². The molecular weight excluding hydrogens is 300 g/mol. The highest BCUT2D eigenvalue weighted by molar-refractivity contribution is 5.87. The number of aromatic amines is 1. The lowest BCUT2D eigenvalue weighted by atomic mass is 10.0. The number of nitrogens with zero attached hydrogens (tertiary/aromatic N) is 5. The van der Waals surface area contributed by atoms with E-state index in [1.807, 2.05) is 6.20 Å².